The molecule has 0 saturated carbocycles. The molecule has 0 saturated heterocycles. The molecule has 1 amide bonds. The summed E-state index contributed by atoms with van der Waals surface area (Å²) >= 11 is 0. The number of amides is 1. The van der Waals surface area contributed by atoms with Crippen LogP contribution in [0.15, 0.2) is 42.5 Å². The van der Waals surface area contributed by atoms with Crippen molar-refractivity contribution in [1.82, 2.24) is 0 Å². The Labute approximate surface area is 150 Å². The van der Waals surface area contributed by atoms with Crippen molar-refractivity contribution in [2.45, 2.75) is 39.4 Å². The number of nitrogens with two attached hydrogens (primary N) is 1. The van der Waals surface area contributed by atoms with Crippen LogP contribution >= 0.6 is 0 Å². The van der Waals surface area contributed by atoms with Gasteiger partial charge in [-0.15, -0.1) is 0 Å². The normalized spacial score (nSPS) is 18.3. The van der Waals surface area contributed by atoms with Gasteiger partial charge in [0.1, 0.15) is 11.9 Å². The van der Waals surface area contributed by atoms with Crippen LogP contribution in [0, 0.1) is 5.41 Å². The predicted molar refractivity (Wildman–Crippen MR) is 94.0 cm³/mol. The third-order valence-corrected chi connectivity index (χ3v) is 4.82. The van der Waals surface area contributed by atoms with Gasteiger partial charge in [-0.1, -0.05) is 38.1 Å². The molecule has 1 aliphatic carbocycles. The number of fused-ring (bicyclic) bond motifs is 1. The molecule has 1 atom stereocenters. The summed E-state index contributed by atoms with van der Waals surface area (Å²) in [7, 11) is 0. The first-order valence-electron chi connectivity index (χ1n) is 8.40. The van der Waals surface area contributed by atoms with Gasteiger partial charge >= 0.3 is 12.7 Å². The minimum atomic E-state index is -2.85. The van der Waals surface area contributed by atoms with Gasteiger partial charge in [0.05, 0.1) is 0 Å². The van der Waals surface area contributed by atoms with Gasteiger partial charge in [0, 0.05) is 5.41 Å². The highest BCUT2D eigenvalue weighted by atomic mass is 19.3. The number of hydrogen-bond acceptors (Lipinski definition) is 3. The van der Waals surface area contributed by atoms with Crippen molar-refractivity contribution in [1.29, 1.82) is 0 Å². The Morgan fingerprint density at radius 2 is 1.81 bits per heavy atom. The predicted octanol–water partition coefficient (Wildman–Crippen LogP) is 5.06. The number of halogens is 2. The molecule has 0 heterocycles. The van der Waals surface area contributed by atoms with E-state index in [0.29, 0.717) is 0 Å². The third kappa shape index (κ3) is 3.79. The van der Waals surface area contributed by atoms with Crippen LogP contribution in [0.4, 0.5) is 13.6 Å². The first-order valence-corrected chi connectivity index (χ1v) is 8.40. The number of rotatable bonds is 4. The summed E-state index contributed by atoms with van der Waals surface area (Å²) in [6.45, 7) is 1.25. The standard InChI is InChI=1S/C20H21F2NO3/c1-20(2)10-9-13-3-4-14(11-16(13)17(20)26-19(23)24)12-5-7-15(8-6-12)25-18(21)22/h3-8,11,17-18H,9-10H2,1-2H3,(H2,23,24). The quantitative estimate of drug-likeness (QED) is 0.827. The molecule has 2 N–H and O–H groups in total. The molecule has 26 heavy (non-hydrogen) atoms. The van der Waals surface area contributed by atoms with E-state index in [0.717, 1.165) is 35.1 Å². The van der Waals surface area contributed by atoms with Gasteiger partial charge in [0.2, 0.25) is 0 Å². The molecule has 1 unspecified atom stereocenters. The van der Waals surface area contributed by atoms with Crippen LogP contribution in [0.3, 0.4) is 0 Å². The molecule has 6 heteroatoms. The number of benzene rings is 2. The minimum Gasteiger partial charge on any atom is -0.441 e. The van der Waals surface area contributed by atoms with E-state index in [-0.39, 0.29) is 11.2 Å². The second-order valence-corrected chi connectivity index (χ2v) is 7.12. The second-order valence-electron chi connectivity index (χ2n) is 7.12. The number of hydrogen-bond donors (Lipinski definition) is 1. The van der Waals surface area contributed by atoms with Crippen molar-refractivity contribution >= 4 is 6.09 Å². The topological polar surface area (TPSA) is 61.6 Å². The summed E-state index contributed by atoms with van der Waals surface area (Å²) < 4.78 is 34.4. The second kappa shape index (κ2) is 6.94. The average molecular weight is 361 g/mol. The zero-order valence-electron chi connectivity index (χ0n) is 14.7. The van der Waals surface area contributed by atoms with Crippen LogP contribution in [0.2, 0.25) is 0 Å². The molecular weight excluding hydrogens is 340 g/mol. The molecule has 0 spiro atoms. The summed E-state index contributed by atoms with van der Waals surface area (Å²) in [5.74, 6) is 0.109. The van der Waals surface area contributed by atoms with Crippen molar-refractivity contribution in [3.05, 3.63) is 53.6 Å². The van der Waals surface area contributed by atoms with Crippen molar-refractivity contribution in [3.8, 4) is 16.9 Å². The Morgan fingerprint density at radius 3 is 2.42 bits per heavy atom. The van der Waals surface area contributed by atoms with Crippen LogP contribution in [0.5, 0.6) is 5.75 Å². The van der Waals surface area contributed by atoms with Crippen molar-refractivity contribution in [2.75, 3.05) is 0 Å². The zero-order valence-corrected chi connectivity index (χ0v) is 14.7. The molecule has 138 valence electrons. The number of primary amides is 1. The Bertz CT molecular complexity index is 803. The van der Waals surface area contributed by atoms with Crippen LogP contribution in [-0.2, 0) is 11.2 Å². The number of aryl methyl sites for hydroxylation is 1. The fourth-order valence-corrected chi connectivity index (χ4v) is 3.42. The lowest BCUT2D eigenvalue weighted by Crippen LogP contribution is -2.33. The van der Waals surface area contributed by atoms with Crippen molar-refractivity contribution in [2.24, 2.45) is 11.1 Å². The maximum absolute atomic E-state index is 12.3. The van der Waals surface area contributed by atoms with E-state index in [1.165, 1.54) is 12.1 Å². The van der Waals surface area contributed by atoms with Gasteiger partial charge in [-0.3, -0.25) is 0 Å². The van der Waals surface area contributed by atoms with E-state index in [1.807, 2.05) is 32.0 Å². The van der Waals surface area contributed by atoms with Crippen LogP contribution in [0.1, 0.15) is 37.5 Å². The van der Waals surface area contributed by atoms with Crippen LogP contribution in [-0.4, -0.2) is 12.7 Å². The Hall–Kier alpha value is -2.63. The summed E-state index contributed by atoms with van der Waals surface area (Å²) in [6, 6.07) is 12.4. The van der Waals surface area contributed by atoms with Gasteiger partial charge < -0.3 is 15.2 Å². The highest BCUT2D eigenvalue weighted by Gasteiger charge is 2.38. The minimum absolute atomic E-state index is 0.109. The molecular formula is C20H21F2NO3. The highest BCUT2D eigenvalue weighted by Crippen LogP contribution is 2.46. The first-order chi connectivity index (χ1) is 12.3. The van der Waals surface area contributed by atoms with Gasteiger partial charge in [0.15, 0.2) is 0 Å². The van der Waals surface area contributed by atoms with Gasteiger partial charge in [-0.2, -0.15) is 8.78 Å². The largest absolute Gasteiger partial charge is 0.441 e. The molecule has 2 aromatic carbocycles. The van der Waals surface area contributed by atoms with Crippen molar-refractivity contribution in [3.63, 3.8) is 0 Å². The summed E-state index contributed by atoms with van der Waals surface area (Å²) in [5, 5.41) is 0. The van der Waals surface area contributed by atoms with Crippen molar-refractivity contribution < 1.29 is 23.0 Å². The van der Waals surface area contributed by atoms with Gasteiger partial charge in [0.25, 0.3) is 0 Å². The smallest absolute Gasteiger partial charge is 0.405 e. The molecule has 3 rings (SSSR count). The molecule has 2 aromatic rings. The number of ether oxygens (including phenoxy) is 2. The van der Waals surface area contributed by atoms with E-state index < -0.39 is 18.8 Å². The third-order valence-electron chi connectivity index (χ3n) is 4.82. The van der Waals surface area contributed by atoms with E-state index in [1.54, 1.807) is 12.1 Å². The number of carbonyl (C=O) groups excluding carboxylic acids is 1. The number of alkyl halides is 2. The monoisotopic (exact) mass is 361 g/mol. The molecule has 1 aliphatic rings. The SMILES string of the molecule is CC1(C)CCc2ccc(-c3ccc(OC(F)F)cc3)cc2C1OC(N)=O. The lowest BCUT2D eigenvalue weighted by molar-refractivity contribution is -0.0498. The maximum atomic E-state index is 12.3. The Kier molecular flexibility index (Phi) is 4.85. The molecule has 0 fully saturated rings. The van der Waals surface area contributed by atoms with Gasteiger partial charge in [-0.25, -0.2) is 4.79 Å². The summed E-state index contributed by atoms with van der Waals surface area (Å²) in [4.78, 5) is 11.4. The molecule has 0 bridgehead atoms. The number of carbonyl (C=O) groups is 1. The van der Waals surface area contributed by atoms with E-state index >= 15 is 0 Å². The summed E-state index contributed by atoms with van der Waals surface area (Å²) in [5.41, 5.74) is 8.86. The lowest BCUT2D eigenvalue weighted by atomic mass is 9.71. The molecule has 0 aromatic heterocycles. The van der Waals surface area contributed by atoms with Gasteiger partial charge in [-0.05, 0) is 53.3 Å². The fourth-order valence-electron chi connectivity index (χ4n) is 3.42. The molecule has 0 radical (unpaired) electrons. The van der Waals surface area contributed by atoms with E-state index in [2.05, 4.69) is 4.74 Å². The van der Waals surface area contributed by atoms with Crippen LogP contribution < -0.4 is 10.5 Å². The highest BCUT2D eigenvalue weighted by molar-refractivity contribution is 5.68. The fraction of sp³-hybridized carbons (Fsp3) is 0.350. The molecule has 0 aliphatic heterocycles. The van der Waals surface area contributed by atoms with E-state index in [9.17, 15) is 13.6 Å². The maximum Gasteiger partial charge on any atom is 0.405 e. The Morgan fingerprint density at radius 1 is 1.15 bits per heavy atom. The average Bonchev–Trinajstić information content (AvgIpc) is 2.57. The lowest BCUT2D eigenvalue weighted by Gasteiger charge is -2.39. The molecule has 4 nitrogen and oxygen atoms in total. The Balaban J connectivity index is 1.95. The first kappa shape index (κ1) is 18.2. The zero-order chi connectivity index (χ0) is 18.9. The summed E-state index contributed by atoms with van der Waals surface area (Å²) in [6.07, 6.45) is 0.555. The van der Waals surface area contributed by atoms with E-state index in [4.69, 9.17) is 10.5 Å². The van der Waals surface area contributed by atoms with Crippen LogP contribution in [0.25, 0.3) is 11.1 Å².